The van der Waals surface area contributed by atoms with Gasteiger partial charge in [0.1, 0.15) is 5.75 Å². The molecule has 0 spiro atoms. The summed E-state index contributed by atoms with van der Waals surface area (Å²) in [6.07, 6.45) is -4.62. The van der Waals surface area contributed by atoms with E-state index in [0.29, 0.717) is 12.1 Å². The number of amides is 1. The second-order valence-electron chi connectivity index (χ2n) is 4.69. The molecule has 0 aliphatic carbocycles. The van der Waals surface area contributed by atoms with Crippen molar-refractivity contribution in [2.75, 3.05) is 25.1 Å². The Bertz CT molecular complexity index is 656. The van der Waals surface area contributed by atoms with E-state index >= 15 is 0 Å². The molecule has 9 heteroatoms. The van der Waals surface area contributed by atoms with E-state index in [4.69, 9.17) is 0 Å². The Morgan fingerprint density at radius 2 is 1.91 bits per heavy atom. The first-order valence-electron chi connectivity index (χ1n) is 6.34. The van der Waals surface area contributed by atoms with Crippen LogP contribution in [0.3, 0.4) is 0 Å². The number of nitrogens with zero attached hydrogens (tertiary/aromatic N) is 1. The van der Waals surface area contributed by atoms with Crippen LogP contribution in [-0.2, 0) is 16.0 Å². The van der Waals surface area contributed by atoms with Gasteiger partial charge in [0.15, 0.2) is 9.84 Å². The van der Waals surface area contributed by atoms with Crippen molar-refractivity contribution in [3.8, 4) is 5.75 Å². The molecule has 1 N–H and O–H groups in total. The highest BCUT2D eigenvalue weighted by Gasteiger charge is 2.31. The number of carbonyl (C=O) groups is 1. The number of phenolic OH excluding ortho intramolecular Hbond substituents is 1. The summed E-state index contributed by atoms with van der Waals surface area (Å²) in [6.45, 7) is 1.36. The standard InChI is InChI=1S/C13H16F3NO4S/c1-3-22(20,21)7-6-17(2)12(19)10-5-4-9(8-11(10)18)13(14,15)16/h4-5,8,18H,3,6-7H2,1-2H3. The van der Waals surface area contributed by atoms with Crippen LogP contribution in [0.5, 0.6) is 5.75 Å². The molecular weight excluding hydrogens is 323 g/mol. The van der Waals surface area contributed by atoms with E-state index in [9.17, 15) is 31.5 Å². The summed E-state index contributed by atoms with van der Waals surface area (Å²) in [5.74, 6) is -1.88. The molecule has 0 heterocycles. The predicted octanol–water partition coefficient (Wildman–Crippen LogP) is 1.92. The molecule has 0 radical (unpaired) electrons. The monoisotopic (exact) mass is 339 g/mol. The van der Waals surface area contributed by atoms with E-state index in [2.05, 4.69) is 0 Å². The highest BCUT2D eigenvalue weighted by molar-refractivity contribution is 7.91. The second-order valence-corrected chi connectivity index (χ2v) is 7.17. The van der Waals surface area contributed by atoms with Crippen LogP contribution in [0.25, 0.3) is 0 Å². The molecule has 0 fully saturated rings. The first-order chi connectivity index (χ1) is 9.98. The van der Waals surface area contributed by atoms with Crippen LogP contribution in [0.4, 0.5) is 13.2 Å². The Morgan fingerprint density at radius 3 is 2.36 bits per heavy atom. The van der Waals surface area contributed by atoms with Crippen LogP contribution in [0.2, 0.25) is 0 Å². The van der Waals surface area contributed by atoms with Gasteiger partial charge in [-0.1, -0.05) is 6.92 Å². The van der Waals surface area contributed by atoms with Crippen LogP contribution in [0.15, 0.2) is 18.2 Å². The lowest BCUT2D eigenvalue weighted by atomic mass is 10.1. The number of benzene rings is 1. The fourth-order valence-corrected chi connectivity index (χ4v) is 2.46. The van der Waals surface area contributed by atoms with Gasteiger partial charge >= 0.3 is 6.18 Å². The molecule has 22 heavy (non-hydrogen) atoms. The predicted molar refractivity (Wildman–Crippen MR) is 74.4 cm³/mol. The van der Waals surface area contributed by atoms with Gasteiger partial charge < -0.3 is 10.0 Å². The Labute approximate surface area is 126 Å². The van der Waals surface area contributed by atoms with Gasteiger partial charge in [-0.25, -0.2) is 8.42 Å². The molecule has 0 bridgehead atoms. The Morgan fingerprint density at radius 1 is 1.32 bits per heavy atom. The topological polar surface area (TPSA) is 74.7 Å². The molecular formula is C13H16F3NO4S. The van der Waals surface area contributed by atoms with Crippen LogP contribution in [0, 0.1) is 0 Å². The zero-order valence-electron chi connectivity index (χ0n) is 12.0. The van der Waals surface area contributed by atoms with E-state index in [0.717, 1.165) is 11.0 Å². The SMILES string of the molecule is CCS(=O)(=O)CCN(C)C(=O)c1ccc(C(F)(F)F)cc1O. The van der Waals surface area contributed by atoms with Gasteiger partial charge in [0.2, 0.25) is 0 Å². The Kier molecular flexibility index (Phi) is 5.44. The molecule has 0 aliphatic heterocycles. The summed E-state index contributed by atoms with van der Waals surface area (Å²) in [5.41, 5.74) is -1.39. The van der Waals surface area contributed by atoms with Crippen molar-refractivity contribution >= 4 is 15.7 Å². The van der Waals surface area contributed by atoms with Gasteiger partial charge in [-0.2, -0.15) is 13.2 Å². The number of aromatic hydroxyl groups is 1. The van der Waals surface area contributed by atoms with Crippen molar-refractivity contribution in [2.45, 2.75) is 13.1 Å². The quantitative estimate of drug-likeness (QED) is 0.889. The van der Waals surface area contributed by atoms with E-state index in [1.807, 2.05) is 0 Å². The molecule has 0 aliphatic rings. The molecule has 124 valence electrons. The second kappa shape index (κ2) is 6.55. The lowest BCUT2D eigenvalue weighted by Crippen LogP contribution is -2.32. The molecule has 0 aromatic heterocycles. The smallest absolute Gasteiger partial charge is 0.416 e. The molecule has 1 amide bonds. The minimum absolute atomic E-state index is 0.0689. The number of sulfone groups is 1. The minimum Gasteiger partial charge on any atom is -0.507 e. The summed E-state index contributed by atoms with van der Waals surface area (Å²) in [5, 5.41) is 9.58. The molecule has 1 aromatic carbocycles. The van der Waals surface area contributed by atoms with Crippen molar-refractivity contribution in [3.63, 3.8) is 0 Å². The van der Waals surface area contributed by atoms with Gasteiger partial charge in [0, 0.05) is 19.3 Å². The van der Waals surface area contributed by atoms with Crippen LogP contribution in [0.1, 0.15) is 22.8 Å². The first-order valence-corrected chi connectivity index (χ1v) is 8.16. The number of carbonyl (C=O) groups excluding carboxylic acids is 1. The molecule has 0 saturated heterocycles. The van der Waals surface area contributed by atoms with Crippen molar-refractivity contribution < 1.29 is 31.5 Å². The fraction of sp³-hybridized carbons (Fsp3) is 0.462. The van der Waals surface area contributed by atoms with E-state index in [-0.39, 0.29) is 23.6 Å². The van der Waals surface area contributed by atoms with Gasteiger partial charge in [-0.3, -0.25) is 4.79 Å². The Hall–Kier alpha value is -1.77. The lowest BCUT2D eigenvalue weighted by Gasteiger charge is -2.18. The van der Waals surface area contributed by atoms with Crippen molar-refractivity contribution in [2.24, 2.45) is 0 Å². The van der Waals surface area contributed by atoms with Gasteiger partial charge in [-0.15, -0.1) is 0 Å². The number of rotatable bonds is 5. The lowest BCUT2D eigenvalue weighted by molar-refractivity contribution is -0.137. The maximum atomic E-state index is 12.5. The third-order valence-electron chi connectivity index (χ3n) is 3.08. The van der Waals surface area contributed by atoms with Gasteiger partial charge in [0.05, 0.1) is 16.9 Å². The minimum atomic E-state index is -4.62. The number of hydrogen-bond donors (Lipinski definition) is 1. The molecule has 0 unspecified atom stereocenters. The number of phenols is 1. The number of halogens is 3. The number of alkyl halides is 3. The first kappa shape index (κ1) is 18.3. The Balaban J connectivity index is 2.90. The third-order valence-corrected chi connectivity index (χ3v) is 4.76. The molecule has 0 atom stereocenters. The van der Waals surface area contributed by atoms with E-state index in [1.54, 1.807) is 0 Å². The summed E-state index contributed by atoms with van der Waals surface area (Å²) in [7, 11) is -1.96. The fourth-order valence-electron chi connectivity index (χ4n) is 1.62. The maximum Gasteiger partial charge on any atom is 0.416 e. The van der Waals surface area contributed by atoms with Crippen LogP contribution in [-0.4, -0.2) is 49.4 Å². The molecule has 5 nitrogen and oxygen atoms in total. The normalized spacial score (nSPS) is 12.2. The summed E-state index contributed by atoms with van der Waals surface area (Å²) >= 11 is 0. The van der Waals surface area contributed by atoms with Crippen molar-refractivity contribution in [1.82, 2.24) is 4.90 Å². The highest BCUT2D eigenvalue weighted by Crippen LogP contribution is 2.32. The van der Waals surface area contributed by atoms with Gasteiger partial charge in [0.25, 0.3) is 5.91 Å². The van der Waals surface area contributed by atoms with Gasteiger partial charge in [-0.05, 0) is 18.2 Å². The summed E-state index contributed by atoms with van der Waals surface area (Å²) in [4.78, 5) is 13.1. The average molecular weight is 339 g/mol. The molecule has 1 aromatic rings. The van der Waals surface area contributed by atoms with Crippen molar-refractivity contribution in [1.29, 1.82) is 0 Å². The average Bonchev–Trinajstić information content (AvgIpc) is 2.43. The highest BCUT2D eigenvalue weighted by atomic mass is 32.2. The summed E-state index contributed by atoms with van der Waals surface area (Å²) < 4.78 is 60.2. The summed E-state index contributed by atoms with van der Waals surface area (Å²) in [6, 6.07) is 2.01. The van der Waals surface area contributed by atoms with E-state index in [1.165, 1.54) is 14.0 Å². The van der Waals surface area contributed by atoms with Crippen molar-refractivity contribution in [3.05, 3.63) is 29.3 Å². The van der Waals surface area contributed by atoms with Crippen LogP contribution < -0.4 is 0 Å². The molecule has 0 saturated carbocycles. The van der Waals surface area contributed by atoms with E-state index < -0.39 is 33.2 Å². The zero-order chi connectivity index (χ0) is 17.1. The number of hydrogen-bond acceptors (Lipinski definition) is 4. The third kappa shape index (κ3) is 4.62. The van der Waals surface area contributed by atoms with Crippen LogP contribution >= 0.6 is 0 Å². The largest absolute Gasteiger partial charge is 0.507 e. The zero-order valence-corrected chi connectivity index (χ0v) is 12.8. The maximum absolute atomic E-state index is 12.5. The molecule has 1 rings (SSSR count).